The van der Waals surface area contributed by atoms with Crippen LogP contribution < -0.4 is 4.74 Å². The first kappa shape index (κ1) is 25.2. The fourth-order valence-corrected chi connectivity index (χ4v) is 4.27. The number of nitrogens with zero attached hydrogens (tertiary/aromatic N) is 1. The normalized spacial score (nSPS) is 11.3. The van der Waals surface area contributed by atoms with Crippen molar-refractivity contribution < 1.29 is 17.9 Å². The molecule has 3 aromatic carbocycles. The molecular formula is C29H30ClF2NO2. The molecule has 0 saturated heterocycles. The third kappa shape index (κ3) is 6.61. The molecule has 0 radical (unpaired) electrons. The van der Waals surface area contributed by atoms with Gasteiger partial charge in [0.1, 0.15) is 5.52 Å². The van der Waals surface area contributed by atoms with E-state index in [4.69, 9.17) is 20.8 Å². The molecule has 0 bridgehead atoms. The van der Waals surface area contributed by atoms with Crippen LogP contribution in [0.2, 0.25) is 5.02 Å². The Hall–Kier alpha value is -2.92. The van der Waals surface area contributed by atoms with Gasteiger partial charge in [0, 0.05) is 10.6 Å². The van der Waals surface area contributed by atoms with Crippen LogP contribution in [0.1, 0.15) is 58.3 Å². The number of ether oxygens (including phenoxy) is 1. The fraction of sp³-hybridized carbons (Fsp3) is 0.345. The highest BCUT2D eigenvalue weighted by Crippen LogP contribution is 2.32. The van der Waals surface area contributed by atoms with E-state index in [9.17, 15) is 8.78 Å². The highest BCUT2D eigenvalue weighted by atomic mass is 35.5. The van der Waals surface area contributed by atoms with E-state index < -0.39 is 11.6 Å². The Morgan fingerprint density at radius 2 is 1.40 bits per heavy atom. The lowest BCUT2D eigenvalue weighted by Crippen LogP contribution is -2.02. The molecule has 6 heteroatoms. The van der Waals surface area contributed by atoms with Gasteiger partial charge in [-0.25, -0.2) is 13.8 Å². The van der Waals surface area contributed by atoms with Crippen molar-refractivity contribution in [1.82, 2.24) is 4.98 Å². The van der Waals surface area contributed by atoms with E-state index in [0.717, 1.165) is 24.8 Å². The molecule has 1 heterocycles. The van der Waals surface area contributed by atoms with Gasteiger partial charge in [0.05, 0.1) is 6.61 Å². The van der Waals surface area contributed by atoms with Gasteiger partial charge in [0.2, 0.25) is 5.89 Å². The maximum Gasteiger partial charge on any atom is 0.227 e. The zero-order valence-electron chi connectivity index (χ0n) is 20.0. The van der Waals surface area contributed by atoms with Crippen LogP contribution in [0.3, 0.4) is 0 Å². The Kier molecular flexibility index (Phi) is 8.75. The van der Waals surface area contributed by atoms with E-state index in [-0.39, 0.29) is 5.75 Å². The summed E-state index contributed by atoms with van der Waals surface area (Å²) in [6.45, 7) is 2.52. The van der Waals surface area contributed by atoms with Crippen LogP contribution in [0, 0.1) is 11.6 Å². The standard InChI is InChI=1S/C29H30ClF2NO2/c1-2-3-4-5-6-7-8-9-16-34-28-24(31)17-22(18-25(28)32)20-10-12-21(13-11-20)29-33-26-19-23(30)14-15-27(26)35-29/h10-15,17-19H,2-9,16H2,1H3. The first-order valence-corrected chi connectivity index (χ1v) is 12.7. The summed E-state index contributed by atoms with van der Waals surface area (Å²) in [6.07, 6.45) is 9.20. The van der Waals surface area contributed by atoms with Crippen molar-refractivity contribution in [3.8, 4) is 28.3 Å². The minimum Gasteiger partial charge on any atom is -0.488 e. The average molecular weight is 498 g/mol. The van der Waals surface area contributed by atoms with E-state index in [0.29, 0.717) is 39.7 Å². The topological polar surface area (TPSA) is 35.3 Å². The van der Waals surface area contributed by atoms with Gasteiger partial charge in [-0.3, -0.25) is 0 Å². The second-order valence-electron chi connectivity index (χ2n) is 8.80. The summed E-state index contributed by atoms with van der Waals surface area (Å²) in [5, 5.41) is 0.585. The van der Waals surface area contributed by atoms with Crippen molar-refractivity contribution in [2.24, 2.45) is 0 Å². The van der Waals surface area contributed by atoms with E-state index in [1.54, 1.807) is 30.3 Å². The van der Waals surface area contributed by atoms with Gasteiger partial charge >= 0.3 is 0 Å². The van der Waals surface area contributed by atoms with Crippen LogP contribution in [-0.2, 0) is 0 Å². The number of rotatable bonds is 12. The molecule has 35 heavy (non-hydrogen) atoms. The van der Waals surface area contributed by atoms with E-state index in [2.05, 4.69) is 11.9 Å². The number of oxazole rings is 1. The van der Waals surface area contributed by atoms with Crippen molar-refractivity contribution in [2.75, 3.05) is 6.61 Å². The van der Waals surface area contributed by atoms with Gasteiger partial charge in [-0.05, 0) is 60.0 Å². The van der Waals surface area contributed by atoms with Crippen LogP contribution >= 0.6 is 11.6 Å². The summed E-state index contributed by atoms with van der Waals surface area (Å²) >= 11 is 6.01. The number of fused-ring (bicyclic) bond motifs is 1. The number of hydrogen-bond donors (Lipinski definition) is 0. The molecular weight excluding hydrogens is 468 g/mol. The number of halogens is 3. The van der Waals surface area contributed by atoms with Gasteiger partial charge in [0.15, 0.2) is 23.0 Å². The van der Waals surface area contributed by atoms with Crippen LogP contribution in [0.4, 0.5) is 8.78 Å². The first-order valence-electron chi connectivity index (χ1n) is 12.3. The van der Waals surface area contributed by atoms with Gasteiger partial charge in [-0.2, -0.15) is 0 Å². The number of benzene rings is 3. The first-order chi connectivity index (χ1) is 17.0. The van der Waals surface area contributed by atoms with Crippen LogP contribution in [0.15, 0.2) is 59.0 Å². The molecule has 0 saturated carbocycles. The van der Waals surface area contributed by atoms with Crippen molar-refractivity contribution >= 4 is 22.7 Å². The van der Waals surface area contributed by atoms with Crippen LogP contribution in [-0.4, -0.2) is 11.6 Å². The second-order valence-corrected chi connectivity index (χ2v) is 9.24. The molecule has 0 fully saturated rings. The Morgan fingerprint density at radius 3 is 2.09 bits per heavy atom. The van der Waals surface area contributed by atoms with E-state index in [1.807, 2.05) is 12.1 Å². The summed E-state index contributed by atoms with van der Waals surface area (Å²) in [6, 6.07) is 15.1. The Morgan fingerprint density at radius 1 is 0.771 bits per heavy atom. The maximum absolute atomic E-state index is 14.6. The molecule has 0 aliphatic carbocycles. The summed E-state index contributed by atoms with van der Waals surface area (Å²) in [5.41, 5.74) is 3.19. The Labute approximate surface area is 210 Å². The molecule has 4 rings (SSSR count). The molecule has 4 aromatic rings. The monoisotopic (exact) mass is 497 g/mol. The molecule has 0 N–H and O–H groups in total. The molecule has 1 aromatic heterocycles. The largest absolute Gasteiger partial charge is 0.488 e. The Balaban J connectivity index is 1.35. The molecule has 0 aliphatic rings. The summed E-state index contributed by atoms with van der Waals surface area (Å²) in [4.78, 5) is 4.46. The predicted octanol–water partition coefficient (Wildman–Crippen LogP) is 9.61. The lowest BCUT2D eigenvalue weighted by Gasteiger charge is -2.11. The zero-order chi connectivity index (χ0) is 24.6. The van der Waals surface area contributed by atoms with E-state index >= 15 is 0 Å². The fourth-order valence-electron chi connectivity index (χ4n) is 4.10. The zero-order valence-corrected chi connectivity index (χ0v) is 20.7. The molecule has 0 aliphatic heterocycles. The van der Waals surface area contributed by atoms with Crippen molar-refractivity contribution in [3.63, 3.8) is 0 Å². The van der Waals surface area contributed by atoms with Crippen molar-refractivity contribution in [3.05, 3.63) is 71.3 Å². The number of hydrogen-bond acceptors (Lipinski definition) is 3. The number of aromatic nitrogens is 1. The maximum atomic E-state index is 14.6. The van der Waals surface area contributed by atoms with Gasteiger partial charge in [-0.15, -0.1) is 0 Å². The SMILES string of the molecule is CCCCCCCCCCOc1c(F)cc(-c2ccc(-c3nc4cc(Cl)ccc4o3)cc2)cc1F. The van der Waals surface area contributed by atoms with Crippen molar-refractivity contribution in [2.45, 2.75) is 58.3 Å². The molecule has 184 valence electrons. The minimum absolute atomic E-state index is 0.307. The third-order valence-electron chi connectivity index (χ3n) is 6.06. The second kappa shape index (κ2) is 12.2. The summed E-state index contributed by atoms with van der Waals surface area (Å²) in [5.74, 6) is -1.24. The van der Waals surface area contributed by atoms with Gasteiger partial charge in [-0.1, -0.05) is 75.6 Å². The molecule has 3 nitrogen and oxygen atoms in total. The molecule has 0 amide bonds. The predicted molar refractivity (Wildman–Crippen MR) is 138 cm³/mol. The van der Waals surface area contributed by atoms with E-state index in [1.165, 1.54) is 44.2 Å². The van der Waals surface area contributed by atoms with Crippen LogP contribution in [0.25, 0.3) is 33.7 Å². The summed E-state index contributed by atoms with van der Waals surface area (Å²) < 4.78 is 40.5. The number of unbranched alkanes of at least 4 members (excludes halogenated alkanes) is 7. The molecule has 0 unspecified atom stereocenters. The lowest BCUT2D eigenvalue weighted by atomic mass is 10.0. The molecule has 0 spiro atoms. The highest BCUT2D eigenvalue weighted by Gasteiger charge is 2.15. The summed E-state index contributed by atoms with van der Waals surface area (Å²) in [7, 11) is 0. The smallest absolute Gasteiger partial charge is 0.227 e. The Bertz CT molecular complexity index is 1230. The minimum atomic E-state index is -0.695. The lowest BCUT2D eigenvalue weighted by molar-refractivity contribution is 0.275. The average Bonchev–Trinajstić information content (AvgIpc) is 3.27. The molecule has 0 atom stereocenters. The third-order valence-corrected chi connectivity index (χ3v) is 6.29. The van der Waals surface area contributed by atoms with Crippen LogP contribution in [0.5, 0.6) is 5.75 Å². The highest BCUT2D eigenvalue weighted by molar-refractivity contribution is 6.31. The van der Waals surface area contributed by atoms with Gasteiger partial charge in [0.25, 0.3) is 0 Å². The quantitative estimate of drug-likeness (QED) is 0.183. The van der Waals surface area contributed by atoms with Crippen molar-refractivity contribution in [1.29, 1.82) is 0 Å². The van der Waals surface area contributed by atoms with Gasteiger partial charge < -0.3 is 9.15 Å².